The van der Waals surface area contributed by atoms with Crippen molar-refractivity contribution >= 4 is 33.4 Å². The second kappa shape index (κ2) is 8.32. The number of carbonyl (C=O) groups is 1. The van der Waals surface area contributed by atoms with Crippen LogP contribution >= 0.6 is 27.5 Å². The van der Waals surface area contributed by atoms with E-state index >= 15 is 0 Å². The largest absolute Gasteiger partial charge is 0.351 e. The smallest absolute Gasteiger partial charge is 0.234 e. The highest BCUT2D eigenvalue weighted by Gasteiger charge is 2.08. The summed E-state index contributed by atoms with van der Waals surface area (Å²) in [7, 11) is 1.93. The van der Waals surface area contributed by atoms with Gasteiger partial charge in [-0.3, -0.25) is 9.69 Å². The zero-order valence-corrected chi connectivity index (χ0v) is 14.7. The van der Waals surface area contributed by atoms with Crippen LogP contribution < -0.4 is 5.32 Å². The normalized spacial score (nSPS) is 10.7. The summed E-state index contributed by atoms with van der Waals surface area (Å²) in [6.07, 6.45) is 0. The Bertz CT molecular complexity index is 648. The lowest BCUT2D eigenvalue weighted by Crippen LogP contribution is -2.34. The highest BCUT2D eigenvalue weighted by Crippen LogP contribution is 2.14. The summed E-state index contributed by atoms with van der Waals surface area (Å²) in [5, 5.41) is 3.57. The molecule has 3 nitrogen and oxygen atoms in total. The van der Waals surface area contributed by atoms with Crippen LogP contribution in [0.2, 0.25) is 5.02 Å². The molecule has 2 rings (SSSR count). The minimum absolute atomic E-state index is 0.0163. The van der Waals surface area contributed by atoms with Crippen LogP contribution in [0.25, 0.3) is 0 Å². The van der Waals surface area contributed by atoms with Crippen LogP contribution in [0.5, 0.6) is 0 Å². The molecule has 0 aliphatic heterocycles. The van der Waals surface area contributed by atoms with Crippen LogP contribution in [-0.4, -0.2) is 24.4 Å². The van der Waals surface area contributed by atoms with Gasteiger partial charge in [-0.25, -0.2) is 0 Å². The highest BCUT2D eigenvalue weighted by molar-refractivity contribution is 9.10. The fraction of sp³-hybridized carbons (Fsp3) is 0.235. The Morgan fingerprint density at radius 2 is 2.00 bits per heavy atom. The number of nitrogens with one attached hydrogen (secondary N) is 1. The zero-order valence-electron chi connectivity index (χ0n) is 12.4. The number of likely N-dealkylation sites (N-methyl/N-ethyl adjacent to an activating group) is 1. The van der Waals surface area contributed by atoms with Gasteiger partial charge in [0, 0.05) is 22.6 Å². The molecule has 22 heavy (non-hydrogen) atoms. The van der Waals surface area contributed by atoms with Crippen molar-refractivity contribution in [3.05, 3.63) is 69.2 Å². The van der Waals surface area contributed by atoms with Crippen molar-refractivity contribution in [3.63, 3.8) is 0 Å². The van der Waals surface area contributed by atoms with E-state index in [0.717, 1.165) is 22.1 Å². The number of carbonyl (C=O) groups excluding carboxylic acids is 1. The van der Waals surface area contributed by atoms with Crippen LogP contribution in [-0.2, 0) is 17.9 Å². The fourth-order valence-electron chi connectivity index (χ4n) is 2.14. The lowest BCUT2D eigenvalue weighted by atomic mass is 10.2. The van der Waals surface area contributed by atoms with E-state index in [4.69, 9.17) is 11.6 Å². The Labute approximate surface area is 144 Å². The van der Waals surface area contributed by atoms with Gasteiger partial charge in [0.1, 0.15) is 0 Å². The van der Waals surface area contributed by atoms with Crippen molar-refractivity contribution in [1.82, 2.24) is 10.2 Å². The third-order valence-corrected chi connectivity index (χ3v) is 4.05. The molecule has 2 aromatic rings. The molecule has 0 saturated heterocycles. The molecule has 0 aliphatic rings. The van der Waals surface area contributed by atoms with Gasteiger partial charge < -0.3 is 5.32 Å². The molecule has 0 radical (unpaired) electrons. The number of benzene rings is 2. The first-order valence-corrected chi connectivity index (χ1v) is 8.15. The maximum Gasteiger partial charge on any atom is 0.234 e. The molecule has 0 spiro atoms. The predicted octanol–water partition coefficient (Wildman–Crippen LogP) is 3.85. The summed E-state index contributed by atoms with van der Waals surface area (Å²) in [5.41, 5.74) is 2.09. The van der Waals surface area contributed by atoms with E-state index in [1.165, 1.54) is 0 Å². The molecular formula is C17H18BrClN2O. The number of halogens is 2. The zero-order chi connectivity index (χ0) is 15.9. The quantitative estimate of drug-likeness (QED) is 0.824. The van der Waals surface area contributed by atoms with Crippen LogP contribution in [0.3, 0.4) is 0 Å². The molecule has 0 unspecified atom stereocenters. The summed E-state index contributed by atoms with van der Waals surface area (Å²) in [6, 6.07) is 15.6. The SMILES string of the molecule is CN(CC(=O)NCc1ccccc1Cl)Cc1cccc(Br)c1. The van der Waals surface area contributed by atoms with Crippen LogP contribution in [0, 0.1) is 0 Å². The van der Waals surface area contributed by atoms with Gasteiger partial charge in [0.25, 0.3) is 0 Å². The molecule has 0 heterocycles. The number of hydrogen-bond acceptors (Lipinski definition) is 2. The number of amides is 1. The third-order valence-electron chi connectivity index (χ3n) is 3.19. The van der Waals surface area contributed by atoms with Gasteiger partial charge in [-0.2, -0.15) is 0 Å². The summed E-state index contributed by atoms with van der Waals surface area (Å²) < 4.78 is 1.04. The van der Waals surface area contributed by atoms with E-state index in [2.05, 4.69) is 27.3 Å². The number of rotatable bonds is 6. The number of nitrogens with zero attached hydrogens (tertiary/aromatic N) is 1. The first kappa shape index (κ1) is 17.0. The van der Waals surface area contributed by atoms with E-state index in [-0.39, 0.29) is 5.91 Å². The van der Waals surface area contributed by atoms with Gasteiger partial charge in [0.15, 0.2) is 0 Å². The Morgan fingerprint density at radius 3 is 2.73 bits per heavy atom. The molecule has 0 bridgehead atoms. The predicted molar refractivity (Wildman–Crippen MR) is 93.8 cm³/mol. The second-order valence-electron chi connectivity index (χ2n) is 5.17. The molecule has 0 atom stereocenters. The van der Waals surface area contributed by atoms with E-state index in [9.17, 15) is 4.79 Å². The van der Waals surface area contributed by atoms with Crippen molar-refractivity contribution in [3.8, 4) is 0 Å². The van der Waals surface area contributed by atoms with Crippen molar-refractivity contribution < 1.29 is 4.79 Å². The first-order chi connectivity index (χ1) is 10.5. The first-order valence-electron chi connectivity index (χ1n) is 6.97. The molecule has 0 fully saturated rings. The molecule has 116 valence electrons. The van der Waals surface area contributed by atoms with Crippen molar-refractivity contribution in [1.29, 1.82) is 0 Å². The molecule has 5 heteroatoms. The summed E-state index contributed by atoms with van der Waals surface area (Å²) >= 11 is 9.52. The summed E-state index contributed by atoms with van der Waals surface area (Å²) in [6.45, 7) is 1.51. The topological polar surface area (TPSA) is 32.3 Å². The summed E-state index contributed by atoms with van der Waals surface area (Å²) in [4.78, 5) is 14.0. The molecule has 2 aromatic carbocycles. The van der Waals surface area contributed by atoms with Gasteiger partial charge in [-0.1, -0.05) is 57.9 Å². The Hall–Kier alpha value is -1.36. The van der Waals surface area contributed by atoms with Crippen LogP contribution in [0.4, 0.5) is 0 Å². The third kappa shape index (κ3) is 5.44. The second-order valence-corrected chi connectivity index (χ2v) is 6.49. The molecule has 0 aromatic heterocycles. The van der Waals surface area contributed by atoms with E-state index in [0.29, 0.717) is 18.1 Å². The Morgan fingerprint density at radius 1 is 1.23 bits per heavy atom. The van der Waals surface area contributed by atoms with Crippen molar-refractivity contribution in [2.75, 3.05) is 13.6 Å². The molecular weight excluding hydrogens is 364 g/mol. The van der Waals surface area contributed by atoms with Gasteiger partial charge in [0.05, 0.1) is 6.54 Å². The number of hydrogen-bond donors (Lipinski definition) is 1. The van der Waals surface area contributed by atoms with Crippen molar-refractivity contribution in [2.24, 2.45) is 0 Å². The van der Waals surface area contributed by atoms with Gasteiger partial charge in [-0.05, 0) is 36.4 Å². The van der Waals surface area contributed by atoms with Crippen LogP contribution in [0.15, 0.2) is 53.0 Å². The van der Waals surface area contributed by atoms with Crippen molar-refractivity contribution in [2.45, 2.75) is 13.1 Å². The minimum Gasteiger partial charge on any atom is -0.351 e. The van der Waals surface area contributed by atoms with Gasteiger partial charge >= 0.3 is 0 Å². The van der Waals surface area contributed by atoms with Gasteiger partial charge in [-0.15, -0.1) is 0 Å². The van der Waals surface area contributed by atoms with Gasteiger partial charge in [0.2, 0.25) is 5.91 Å². The lowest BCUT2D eigenvalue weighted by Gasteiger charge is -2.16. The fourth-order valence-corrected chi connectivity index (χ4v) is 2.79. The molecule has 1 amide bonds. The average Bonchev–Trinajstić information content (AvgIpc) is 2.46. The maximum absolute atomic E-state index is 12.0. The maximum atomic E-state index is 12.0. The Balaban J connectivity index is 1.80. The van der Waals surface area contributed by atoms with E-state index < -0.39 is 0 Å². The molecule has 1 N–H and O–H groups in total. The monoisotopic (exact) mass is 380 g/mol. The highest BCUT2D eigenvalue weighted by atomic mass is 79.9. The minimum atomic E-state index is -0.0163. The van der Waals surface area contributed by atoms with E-state index in [1.54, 1.807) is 0 Å². The average molecular weight is 382 g/mol. The molecule has 0 aliphatic carbocycles. The Kier molecular flexibility index (Phi) is 6.43. The van der Waals surface area contributed by atoms with Crippen LogP contribution in [0.1, 0.15) is 11.1 Å². The standard InChI is InChI=1S/C17H18BrClN2O/c1-21(11-13-5-4-7-15(18)9-13)12-17(22)20-10-14-6-2-3-8-16(14)19/h2-9H,10-12H2,1H3,(H,20,22). The molecule has 0 saturated carbocycles. The summed E-state index contributed by atoms with van der Waals surface area (Å²) in [5.74, 6) is -0.0163. The lowest BCUT2D eigenvalue weighted by molar-refractivity contribution is -0.122. The van der Waals surface area contributed by atoms with E-state index in [1.807, 2.05) is 54.4 Å².